The number of imidazole rings is 2. The minimum atomic E-state index is -0.790. The number of carbonyl (C=O) groups excluding carboxylic acids is 2. The van der Waals surface area contributed by atoms with E-state index in [1.54, 1.807) is 11.1 Å². The molecule has 0 radical (unpaired) electrons. The molecule has 3 aromatic carbocycles. The van der Waals surface area contributed by atoms with E-state index in [0.717, 1.165) is 93.6 Å². The van der Waals surface area contributed by atoms with Crippen molar-refractivity contribution in [3.05, 3.63) is 95.3 Å². The zero-order valence-corrected chi connectivity index (χ0v) is 30.6. The molecule has 0 saturated heterocycles. The van der Waals surface area contributed by atoms with Crippen molar-refractivity contribution in [3.63, 3.8) is 0 Å². The van der Waals surface area contributed by atoms with Gasteiger partial charge in [-0.25, -0.2) is 9.97 Å². The average Bonchev–Trinajstić information content (AvgIpc) is 3.82. The fraction of sp³-hybridized carbons (Fsp3) is 0.366. The van der Waals surface area contributed by atoms with Crippen molar-refractivity contribution in [1.82, 2.24) is 35.1 Å². The second-order valence-electron chi connectivity index (χ2n) is 14.1. The highest BCUT2D eigenvalue weighted by molar-refractivity contribution is 5.90. The molecule has 0 saturated carbocycles. The molecule has 11 heteroatoms. The van der Waals surface area contributed by atoms with Gasteiger partial charge in [-0.3, -0.25) is 14.5 Å². The number of rotatable bonds is 14. The van der Waals surface area contributed by atoms with E-state index >= 15 is 0 Å². The first-order valence-corrected chi connectivity index (χ1v) is 18.2. The molecule has 1 atom stereocenters. The van der Waals surface area contributed by atoms with Crippen molar-refractivity contribution < 1.29 is 19.1 Å². The average molecular weight is 702 g/mol. The number of amides is 2. The van der Waals surface area contributed by atoms with Gasteiger partial charge in [0.2, 0.25) is 11.8 Å². The second-order valence-corrected chi connectivity index (χ2v) is 14.1. The third kappa shape index (κ3) is 7.18. The van der Waals surface area contributed by atoms with Gasteiger partial charge < -0.3 is 29.7 Å². The third-order valence-electron chi connectivity index (χ3n) is 9.62. The summed E-state index contributed by atoms with van der Waals surface area (Å²) in [5.41, 5.74) is 8.75. The maximum Gasteiger partial charge on any atom is 0.250 e. The Hall–Kier alpha value is -5.42. The Kier molecular flexibility index (Phi) is 10.1. The summed E-state index contributed by atoms with van der Waals surface area (Å²) in [5, 5.41) is 2.97. The summed E-state index contributed by atoms with van der Waals surface area (Å²) in [6.45, 7) is 11.3. The molecule has 0 aliphatic carbocycles. The van der Waals surface area contributed by atoms with Crippen LogP contribution in [0.15, 0.2) is 67.0 Å². The minimum Gasteiger partial charge on any atom is -0.488 e. The molecule has 3 N–H and O–H groups in total. The standard InChI is InChI=1S/C41H47N7O4/c1-6-13-47(5)21-35-42-19-31(44-35)27-15-29-23-52-34-18-28(16-30-24-51-33(17-27)37(29)38(30)34)32-20-43-36(45-32)22-48(14-7-2)41(50)39(46-40(49)25(3)4)26-11-9-8-10-12-26/h8-12,15-20,25,39H,6-7,13-14,21-24H2,1-5H3,(H,42,44)(H,43,45)(H,46,49)/t39-/m1/s1. The van der Waals surface area contributed by atoms with E-state index in [9.17, 15) is 9.59 Å². The maximum atomic E-state index is 14.0. The summed E-state index contributed by atoms with van der Waals surface area (Å²) in [7, 11) is 2.11. The molecular weight excluding hydrogens is 654 g/mol. The van der Waals surface area contributed by atoms with E-state index in [1.165, 1.54) is 0 Å². The number of hydrogen-bond donors (Lipinski definition) is 3. The van der Waals surface area contributed by atoms with Gasteiger partial charge in [-0.2, -0.15) is 0 Å². The first-order chi connectivity index (χ1) is 25.2. The molecule has 0 spiro atoms. The summed E-state index contributed by atoms with van der Waals surface area (Å²) in [6.07, 6.45) is 5.55. The normalized spacial score (nSPS) is 13.4. The zero-order valence-electron chi connectivity index (χ0n) is 30.6. The molecule has 11 nitrogen and oxygen atoms in total. The van der Waals surface area contributed by atoms with Crippen LogP contribution in [0.1, 0.15) is 74.9 Å². The Labute approximate surface area is 304 Å². The highest BCUT2D eigenvalue weighted by Crippen LogP contribution is 2.50. The van der Waals surface area contributed by atoms with E-state index < -0.39 is 6.04 Å². The summed E-state index contributed by atoms with van der Waals surface area (Å²) in [6, 6.07) is 17.0. The number of aromatic nitrogens is 4. The quantitative estimate of drug-likeness (QED) is 0.114. The minimum absolute atomic E-state index is 0.172. The van der Waals surface area contributed by atoms with Gasteiger partial charge in [0.1, 0.15) is 42.4 Å². The van der Waals surface area contributed by atoms with Crippen LogP contribution in [0, 0.1) is 5.92 Å². The maximum absolute atomic E-state index is 14.0. The van der Waals surface area contributed by atoms with Crippen LogP contribution >= 0.6 is 0 Å². The number of benzene rings is 3. The van der Waals surface area contributed by atoms with Crippen LogP contribution in [0.5, 0.6) is 11.5 Å². The van der Waals surface area contributed by atoms with E-state index in [4.69, 9.17) is 9.47 Å². The number of carbonyl (C=O) groups is 2. The molecule has 2 aromatic heterocycles. The lowest BCUT2D eigenvalue weighted by Crippen LogP contribution is -2.44. The summed E-state index contributed by atoms with van der Waals surface area (Å²) < 4.78 is 12.8. The van der Waals surface area contributed by atoms with Crippen molar-refractivity contribution in [2.45, 2.75) is 72.9 Å². The molecule has 0 unspecified atom stereocenters. The lowest BCUT2D eigenvalue weighted by molar-refractivity contribution is -0.138. The Bertz CT molecular complexity index is 2020. The molecule has 5 aromatic rings. The van der Waals surface area contributed by atoms with Crippen LogP contribution < -0.4 is 14.8 Å². The Morgan fingerprint density at radius 3 is 1.90 bits per heavy atom. The smallest absolute Gasteiger partial charge is 0.250 e. The molecule has 2 amide bonds. The monoisotopic (exact) mass is 701 g/mol. The number of nitrogens with one attached hydrogen (secondary N) is 3. The topological polar surface area (TPSA) is 128 Å². The third-order valence-corrected chi connectivity index (χ3v) is 9.62. The molecule has 52 heavy (non-hydrogen) atoms. The highest BCUT2D eigenvalue weighted by atomic mass is 16.5. The Morgan fingerprint density at radius 2 is 1.37 bits per heavy atom. The van der Waals surface area contributed by atoms with Crippen molar-refractivity contribution in [3.8, 4) is 45.1 Å². The van der Waals surface area contributed by atoms with Crippen LogP contribution in [0.4, 0.5) is 0 Å². The van der Waals surface area contributed by atoms with Crippen LogP contribution in [0.2, 0.25) is 0 Å². The first kappa shape index (κ1) is 35.0. The van der Waals surface area contributed by atoms with Gasteiger partial charge in [-0.05, 0) is 56.3 Å². The van der Waals surface area contributed by atoms with Gasteiger partial charge in [0, 0.05) is 45.8 Å². The van der Waals surface area contributed by atoms with Crippen molar-refractivity contribution in [2.24, 2.45) is 5.92 Å². The lowest BCUT2D eigenvalue weighted by Gasteiger charge is -2.30. The van der Waals surface area contributed by atoms with Crippen molar-refractivity contribution >= 4 is 11.8 Å². The molecule has 2 aliphatic heterocycles. The van der Waals surface area contributed by atoms with Gasteiger partial charge >= 0.3 is 0 Å². The molecule has 0 fully saturated rings. The van der Waals surface area contributed by atoms with Crippen molar-refractivity contribution in [2.75, 3.05) is 20.1 Å². The molecule has 4 heterocycles. The van der Waals surface area contributed by atoms with Gasteiger partial charge in [-0.1, -0.05) is 58.0 Å². The van der Waals surface area contributed by atoms with Crippen molar-refractivity contribution in [1.29, 1.82) is 0 Å². The van der Waals surface area contributed by atoms with Crippen LogP contribution in [0.25, 0.3) is 33.6 Å². The van der Waals surface area contributed by atoms with Gasteiger partial charge in [-0.15, -0.1) is 0 Å². The number of H-pyrrole nitrogens is 2. The second kappa shape index (κ2) is 15.1. The molecule has 0 bridgehead atoms. The van der Waals surface area contributed by atoms with Crippen LogP contribution in [-0.2, 0) is 35.9 Å². The fourth-order valence-electron chi connectivity index (χ4n) is 7.03. The SMILES string of the molecule is CCCN(C)Cc1ncc(-c2cc3c4c(c2)OCc2cc(-c5cnc(CN(CCC)C(=O)[C@H](NC(=O)C(C)C)c6ccccc6)[nH]5)cc(c2-4)OC3)[nH]1. The van der Waals surface area contributed by atoms with Gasteiger partial charge in [0.25, 0.3) is 0 Å². The van der Waals surface area contributed by atoms with E-state index in [0.29, 0.717) is 25.6 Å². The van der Waals surface area contributed by atoms with Crippen LogP contribution in [0.3, 0.4) is 0 Å². The van der Waals surface area contributed by atoms with Gasteiger partial charge in [0.15, 0.2) is 0 Å². The summed E-state index contributed by atoms with van der Waals surface area (Å²) >= 11 is 0. The van der Waals surface area contributed by atoms with E-state index in [-0.39, 0.29) is 24.3 Å². The fourth-order valence-corrected chi connectivity index (χ4v) is 7.03. The Morgan fingerprint density at radius 1 is 0.808 bits per heavy atom. The molecular formula is C41H47N7O4. The predicted octanol–water partition coefficient (Wildman–Crippen LogP) is 7.01. The van der Waals surface area contributed by atoms with Gasteiger partial charge in [0.05, 0.1) is 36.9 Å². The van der Waals surface area contributed by atoms with Crippen LogP contribution in [-0.4, -0.2) is 61.7 Å². The lowest BCUT2D eigenvalue weighted by atomic mass is 9.87. The Balaban J connectivity index is 1.12. The van der Waals surface area contributed by atoms with E-state index in [1.807, 2.05) is 57.3 Å². The predicted molar refractivity (Wildman–Crippen MR) is 200 cm³/mol. The largest absolute Gasteiger partial charge is 0.488 e. The molecule has 2 aliphatic rings. The molecule has 270 valence electrons. The number of aromatic amines is 2. The zero-order chi connectivity index (χ0) is 36.4. The molecule has 7 rings (SSSR count). The van der Waals surface area contributed by atoms with E-state index in [2.05, 4.69) is 68.4 Å². The first-order valence-electron chi connectivity index (χ1n) is 18.2. The summed E-state index contributed by atoms with van der Waals surface area (Å²) in [4.78, 5) is 47.0. The number of nitrogens with zero attached hydrogens (tertiary/aromatic N) is 4. The number of ether oxygens (including phenoxy) is 2. The number of hydrogen-bond acceptors (Lipinski definition) is 7. The highest BCUT2D eigenvalue weighted by Gasteiger charge is 2.31. The summed E-state index contributed by atoms with van der Waals surface area (Å²) in [5.74, 6) is 2.65.